The fraction of sp³-hybridized carbons (Fsp3) is 0.278. The van der Waals surface area contributed by atoms with Crippen LogP contribution in [0.15, 0.2) is 54.6 Å². The lowest BCUT2D eigenvalue weighted by Gasteiger charge is -2.27. The van der Waals surface area contributed by atoms with Crippen LogP contribution in [0, 0.1) is 6.92 Å². The summed E-state index contributed by atoms with van der Waals surface area (Å²) in [6.45, 7) is 2.38. The molecule has 0 radical (unpaired) electrons. The number of rotatable bonds is 4. The Hall–Kier alpha value is -1.78. The molecule has 0 aliphatic carbocycles. The summed E-state index contributed by atoms with van der Waals surface area (Å²) >= 11 is 1.62. The van der Waals surface area contributed by atoms with Gasteiger partial charge in [0.25, 0.3) is 0 Å². The van der Waals surface area contributed by atoms with Crippen molar-refractivity contribution in [2.45, 2.75) is 18.4 Å². The van der Waals surface area contributed by atoms with Crippen molar-refractivity contribution < 1.29 is 9.90 Å². The van der Waals surface area contributed by atoms with Gasteiger partial charge in [-0.05, 0) is 18.1 Å². The van der Waals surface area contributed by atoms with Crippen LogP contribution in [0.25, 0.3) is 0 Å². The molecule has 1 heterocycles. The highest BCUT2D eigenvalue weighted by Crippen LogP contribution is 2.39. The van der Waals surface area contributed by atoms with E-state index >= 15 is 0 Å². The molecule has 0 spiro atoms. The van der Waals surface area contributed by atoms with Gasteiger partial charge in [-0.15, -0.1) is 11.8 Å². The van der Waals surface area contributed by atoms with E-state index < -0.39 is 6.10 Å². The van der Waals surface area contributed by atoms with E-state index in [-0.39, 0.29) is 11.3 Å². The normalized spacial score (nSPS) is 19.5. The van der Waals surface area contributed by atoms with E-state index in [0.29, 0.717) is 12.3 Å². The summed E-state index contributed by atoms with van der Waals surface area (Å²) in [6.07, 6.45) is -0.656. The molecular formula is C18H19NO2S. The standard InChI is InChI=1S/C18H19NO2S/c1-13-7-9-15(10-8-13)18-19(17(21)12-22-18)11-16(20)14-5-3-2-4-6-14/h2-10,16,18,20H,11-12H2,1H3/t16-,18-/m1/s1. The smallest absolute Gasteiger partial charge is 0.233 e. The summed E-state index contributed by atoms with van der Waals surface area (Å²) < 4.78 is 0. The third-order valence-electron chi connectivity index (χ3n) is 3.88. The van der Waals surface area contributed by atoms with E-state index in [4.69, 9.17) is 0 Å². The van der Waals surface area contributed by atoms with Crippen LogP contribution in [0.1, 0.15) is 28.2 Å². The van der Waals surface area contributed by atoms with Gasteiger partial charge in [-0.25, -0.2) is 0 Å². The summed E-state index contributed by atoms with van der Waals surface area (Å²) in [4.78, 5) is 14.0. The molecule has 0 unspecified atom stereocenters. The van der Waals surface area contributed by atoms with Crippen LogP contribution < -0.4 is 0 Å². The Morgan fingerprint density at radius 1 is 1.18 bits per heavy atom. The maximum Gasteiger partial charge on any atom is 0.233 e. The Bertz CT molecular complexity index is 642. The Kier molecular flexibility index (Phi) is 4.50. The number of aryl methyl sites for hydroxylation is 1. The quantitative estimate of drug-likeness (QED) is 0.941. The highest BCUT2D eigenvalue weighted by Gasteiger charge is 2.34. The van der Waals surface area contributed by atoms with Gasteiger partial charge in [0, 0.05) is 0 Å². The van der Waals surface area contributed by atoms with Crippen molar-refractivity contribution >= 4 is 17.7 Å². The van der Waals surface area contributed by atoms with Gasteiger partial charge in [-0.2, -0.15) is 0 Å². The minimum atomic E-state index is -0.656. The van der Waals surface area contributed by atoms with E-state index in [9.17, 15) is 9.90 Å². The van der Waals surface area contributed by atoms with Crippen LogP contribution in [0.2, 0.25) is 0 Å². The number of carbonyl (C=O) groups is 1. The van der Waals surface area contributed by atoms with Crippen LogP contribution >= 0.6 is 11.8 Å². The van der Waals surface area contributed by atoms with E-state index in [1.165, 1.54) is 5.56 Å². The minimum Gasteiger partial charge on any atom is -0.387 e. The average molecular weight is 313 g/mol. The summed E-state index contributed by atoms with van der Waals surface area (Å²) in [6, 6.07) is 17.7. The van der Waals surface area contributed by atoms with E-state index in [0.717, 1.165) is 11.1 Å². The molecule has 1 amide bonds. The van der Waals surface area contributed by atoms with Gasteiger partial charge in [0.15, 0.2) is 0 Å². The van der Waals surface area contributed by atoms with Gasteiger partial charge in [0.1, 0.15) is 5.37 Å². The van der Waals surface area contributed by atoms with E-state index in [1.807, 2.05) is 37.3 Å². The molecule has 1 aliphatic rings. The van der Waals surface area contributed by atoms with Crippen molar-refractivity contribution in [1.29, 1.82) is 0 Å². The molecule has 0 bridgehead atoms. The monoisotopic (exact) mass is 313 g/mol. The third kappa shape index (κ3) is 3.18. The molecule has 3 rings (SSSR count). The number of carbonyl (C=O) groups excluding carboxylic acids is 1. The number of amides is 1. The molecule has 0 saturated carbocycles. The largest absolute Gasteiger partial charge is 0.387 e. The fourth-order valence-electron chi connectivity index (χ4n) is 2.63. The molecule has 0 aromatic heterocycles. The van der Waals surface area contributed by atoms with Crippen LogP contribution in [0.3, 0.4) is 0 Å². The van der Waals surface area contributed by atoms with E-state index in [2.05, 4.69) is 24.3 Å². The summed E-state index contributed by atoms with van der Waals surface area (Å²) in [5, 5.41) is 10.4. The van der Waals surface area contributed by atoms with Crippen LogP contribution in [0.5, 0.6) is 0 Å². The second kappa shape index (κ2) is 6.55. The zero-order valence-corrected chi connectivity index (χ0v) is 13.3. The molecule has 1 aliphatic heterocycles. The third-order valence-corrected chi connectivity index (χ3v) is 5.14. The van der Waals surface area contributed by atoms with Crippen molar-refractivity contribution in [3.8, 4) is 0 Å². The Balaban J connectivity index is 1.78. The molecule has 22 heavy (non-hydrogen) atoms. The molecule has 1 fully saturated rings. The number of benzene rings is 2. The van der Waals surface area contributed by atoms with Crippen molar-refractivity contribution in [3.63, 3.8) is 0 Å². The lowest BCUT2D eigenvalue weighted by atomic mass is 10.1. The average Bonchev–Trinajstić information content (AvgIpc) is 2.90. The Labute approximate surface area is 135 Å². The van der Waals surface area contributed by atoms with Crippen LogP contribution in [0.4, 0.5) is 0 Å². The molecule has 1 saturated heterocycles. The first-order valence-corrected chi connectivity index (χ1v) is 8.40. The first-order valence-electron chi connectivity index (χ1n) is 7.36. The number of thioether (sulfide) groups is 1. The summed E-state index contributed by atoms with van der Waals surface area (Å²) in [5.41, 5.74) is 3.16. The Morgan fingerprint density at radius 2 is 1.86 bits per heavy atom. The number of aliphatic hydroxyl groups excluding tert-OH is 1. The summed E-state index contributed by atoms with van der Waals surface area (Å²) in [5.74, 6) is 0.561. The summed E-state index contributed by atoms with van der Waals surface area (Å²) in [7, 11) is 0. The maximum atomic E-state index is 12.2. The zero-order valence-electron chi connectivity index (χ0n) is 12.5. The lowest BCUT2D eigenvalue weighted by molar-refractivity contribution is -0.129. The fourth-order valence-corrected chi connectivity index (χ4v) is 3.83. The minimum absolute atomic E-state index is 0.00791. The van der Waals surface area contributed by atoms with Crippen molar-refractivity contribution in [3.05, 3.63) is 71.3 Å². The van der Waals surface area contributed by atoms with Gasteiger partial charge in [-0.1, -0.05) is 60.2 Å². The predicted molar refractivity (Wildman–Crippen MR) is 89.5 cm³/mol. The molecule has 4 heteroatoms. The maximum absolute atomic E-state index is 12.2. The zero-order chi connectivity index (χ0) is 15.5. The first kappa shape index (κ1) is 15.1. The van der Waals surface area contributed by atoms with Crippen molar-refractivity contribution in [1.82, 2.24) is 4.90 Å². The molecule has 2 atom stereocenters. The highest BCUT2D eigenvalue weighted by molar-refractivity contribution is 8.00. The molecular weight excluding hydrogens is 294 g/mol. The molecule has 3 nitrogen and oxygen atoms in total. The highest BCUT2D eigenvalue weighted by atomic mass is 32.2. The van der Waals surface area contributed by atoms with Gasteiger partial charge in [-0.3, -0.25) is 4.79 Å². The van der Waals surface area contributed by atoms with Gasteiger partial charge in [0.05, 0.1) is 18.4 Å². The second-order valence-corrected chi connectivity index (χ2v) is 6.62. The molecule has 114 valence electrons. The molecule has 2 aromatic rings. The SMILES string of the molecule is Cc1ccc([C@H]2SCC(=O)N2C[C@@H](O)c2ccccc2)cc1. The first-order chi connectivity index (χ1) is 10.6. The number of aliphatic hydroxyl groups is 1. The number of β-amino-alcohol motifs (C(OH)–C–C–N with tert-alkyl or cyclic N) is 1. The van der Waals surface area contributed by atoms with Crippen LogP contribution in [-0.4, -0.2) is 28.2 Å². The van der Waals surface area contributed by atoms with E-state index in [1.54, 1.807) is 16.7 Å². The lowest BCUT2D eigenvalue weighted by Crippen LogP contribution is -2.32. The van der Waals surface area contributed by atoms with Gasteiger partial charge in [0.2, 0.25) is 5.91 Å². The topological polar surface area (TPSA) is 40.5 Å². The predicted octanol–water partition coefficient (Wildman–Crippen LogP) is 3.30. The van der Waals surface area contributed by atoms with Crippen molar-refractivity contribution in [2.75, 3.05) is 12.3 Å². The number of nitrogens with zero attached hydrogens (tertiary/aromatic N) is 1. The van der Waals surface area contributed by atoms with Crippen LogP contribution in [-0.2, 0) is 4.79 Å². The van der Waals surface area contributed by atoms with Gasteiger partial charge >= 0.3 is 0 Å². The number of hydrogen-bond donors (Lipinski definition) is 1. The van der Waals surface area contributed by atoms with Crippen molar-refractivity contribution in [2.24, 2.45) is 0 Å². The van der Waals surface area contributed by atoms with Gasteiger partial charge < -0.3 is 10.0 Å². The Morgan fingerprint density at radius 3 is 2.55 bits per heavy atom. The number of hydrogen-bond acceptors (Lipinski definition) is 3. The molecule has 2 aromatic carbocycles. The second-order valence-electron chi connectivity index (χ2n) is 5.55. The molecule has 1 N–H and O–H groups in total.